The maximum Gasteiger partial charge on any atom is 0.131 e. The maximum absolute atomic E-state index is 9.28. The molecule has 2 nitrogen and oxygen atoms in total. The van der Waals surface area contributed by atoms with Crippen molar-refractivity contribution in [1.82, 2.24) is 0 Å². The number of phenolic OH excluding ortho intramolecular Hbond substituents is 1. The molecule has 1 aromatic carbocycles. The van der Waals surface area contributed by atoms with Crippen molar-refractivity contribution in [2.75, 3.05) is 11.5 Å². The minimum atomic E-state index is 0.151. The second kappa shape index (κ2) is 3.93. The van der Waals surface area contributed by atoms with E-state index in [0.29, 0.717) is 17.0 Å². The van der Waals surface area contributed by atoms with Gasteiger partial charge in [0.25, 0.3) is 0 Å². The minimum absolute atomic E-state index is 0.151. The van der Waals surface area contributed by atoms with Crippen LogP contribution in [0, 0.1) is 11.8 Å². The van der Waals surface area contributed by atoms with Gasteiger partial charge in [-0.1, -0.05) is 11.8 Å². The average molecular weight is 179 g/mol. The van der Waals surface area contributed by atoms with Crippen LogP contribution in [-0.4, -0.2) is 10.9 Å². The predicted octanol–water partition coefficient (Wildman–Crippen LogP) is 1.26. The number of nitrogens with two attached hydrogens (primary N) is 1. The van der Waals surface area contributed by atoms with Crippen LogP contribution in [0.4, 0.5) is 5.69 Å². The van der Waals surface area contributed by atoms with Crippen LogP contribution in [0.5, 0.6) is 5.75 Å². The van der Waals surface area contributed by atoms with E-state index < -0.39 is 0 Å². The summed E-state index contributed by atoms with van der Waals surface area (Å²) in [7, 11) is 0. The third-order valence-corrected chi connectivity index (χ3v) is 1.48. The van der Waals surface area contributed by atoms with E-state index in [4.69, 9.17) is 5.73 Å². The summed E-state index contributed by atoms with van der Waals surface area (Å²) in [4.78, 5) is 0. The van der Waals surface area contributed by atoms with Crippen LogP contribution in [0.15, 0.2) is 18.2 Å². The van der Waals surface area contributed by atoms with E-state index in [1.165, 1.54) is 6.07 Å². The van der Waals surface area contributed by atoms with Crippen molar-refractivity contribution >= 4 is 18.3 Å². The lowest BCUT2D eigenvalue weighted by Gasteiger charge is -1.97. The van der Waals surface area contributed by atoms with Gasteiger partial charge in [0.2, 0.25) is 0 Å². The zero-order valence-electron chi connectivity index (χ0n) is 6.41. The fourth-order valence-corrected chi connectivity index (χ4v) is 0.868. The minimum Gasteiger partial charge on any atom is -0.507 e. The molecule has 0 atom stereocenters. The SMILES string of the molecule is Nc1ccc(O)c(C#CCS)c1. The van der Waals surface area contributed by atoms with Crippen LogP contribution in [-0.2, 0) is 0 Å². The van der Waals surface area contributed by atoms with Gasteiger partial charge in [0.15, 0.2) is 0 Å². The molecule has 1 rings (SSSR count). The number of nitrogen functional groups attached to an aromatic ring is 1. The molecule has 0 spiro atoms. The molecule has 62 valence electrons. The van der Waals surface area contributed by atoms with E-state index in [1.54, 1.807) is 12.1 Å². The number of phenols is 1. The summed E-state index contributed by atoms with van der Waals surface area (Å²) in [6.07, 6.45) is 0. The van der Waals surface area contributed by atoms with Gasteiger partial charge in [-0.05, 0) is 18.2 Å². The van der Waals surface area contributed by atoms with Gasteiger partial charge in [-0.25, -0.2) is 0 Å². The molecule has 3 heteroatoms. The first-order chi connectivity index (χ1) is 5.74. The Morgan fingerprint density at radius 3 is 2.92 bits per heavy atom. The molecular weight excluding hydrogens is 170 g/mol. The normalized spacial score (nSPS) is 8.75. The molecule has 3 N–H and O–H groups in total. The summed E-state index contributed by atoms with van der Waals surface area (Å²) in [5.74, 6) is 6.10. The predicted molar refractivity (Wildman–Crippen MR) is 53.3 cm³/mol. The Morgan fingerprint density at radius 2 is 2.25 bits per heavy atom. The Balaban J connectivity index is 3.05. The Hall–Kier alpha value is -1.27. The van der Waals surface area contributed by atoms with E-state index in [1.807, 2.05) is 0 Å². The molecule has 0 fully saturated rings. The Morgan fingerprint density at radius 1 is 1.50 bits per heavy atom. The highest BCUT2D eigenvalue weighted by molar-refractivity contribution is 7.80. The third kappa shape index (κ3) is 2.11. The summed E-state index contributed by atoms with van der Waals surface area (Å²) >= 11 is 3.92. The fraction of sp³-hybridized carbons (Fsp3) is 0.111. The first-order valence-electron chi connectivity index (χ1n) is 3.42. The van der Waals surface area contributed by atoms with Gasteiger partial charge in [0.05, 0.1) is 11.3 Å². The average Bonchev–Trinajstić information content (AvgIpc) is 2.07. The van der Waals surface area contributed by atoms with E-state index in [0.717, 1.165) is 0 Å². The quantitative estimate of drug-likeness (QED) is 0.243. The highest BCUT2D eigenvalue weighted by Gasteiger charge is 1.96. The Bertz CT molecular complexity index is 338. The van der Waals surface area contributed by atoms with Gasteiger partial charge in [0, 0.05) is 5.69 Å². The molecule has 0 unspecified atom stereocenters. The number of aromatic hydroxyl groups is 1. The van der Waals surface area contributed by atoms with Crippen LogP contribution in [0.2, 0.25) is 0 Å². The van der Waals surface area contributed by atoms with Crippen molar-refractivity contribution in [3.63, 3.8) is 0 Å². The second-order valence-corrected chi connectivity index (χ2v) is 2.55. The fourth-order valence-electron chi connectivity index (χ4n) is 0.789. The zero-order valence-corrected chi connectivity index (χ0v) is 7.31. The molecule has 0 heterocycles. The van der Waals surface area contributed by atoms with Gasteiger partial charge in [-0.15, -0.1) is 0 Å². The zero-order chi connectivity index (χ0) is 8.97. The molecular formula is C9H9NOS. The molecule has 12 heavy (non-hydrogen) atoms. The third-order valence-electron chi connectivity index (χ3n) is 1.32. The molecule has 0 amide bonds. The smallest absolute Gasteiger partial charge is 0.131 e. The molecule has 0 aliphatic carbocycles. The number of hydrogen-bond donors (Lipinski definition) is 3. The molecule has 0 saturated heterocycles. The molecule has 0 saturated carbocycles. The maximum atomic E-state index is 9.28. The largest absolute Gasteiger partial charge is 0.507 e. The first-order valence-corrected chi connectivity index (χ1v) is 4.05. The van der Waals surface area contributed by atoms with Crippen molar-refractivity contribution < 1.29 is 5.11 Å². The summed E-state index contributed by atoms with van der Waals surface area (Å²) in [6, 6.07) is 4.78. The van der Waals surface area contributed by atoms with E-state index in [9.17, 15) is 5.11 Å². The van der Waals surface area contributed by atoms with Gasteiger partial charge >= 0.3 is 0 Å². The number of anilines is 1. The Kier molecular flexibility index (Phi) is 2.89. The van der Waals surface area contributed by atoms with Crippen molar-refractivity contribution in [1.29, 1.82) is 0 Å². The Labute approximate surface area is 76.8 Å². The summed E-state index contributed by atoms with van der Waals surface area (Å²) in [5, 5.41) is 9.28. The van der Waals surface area contributed by atoms with Crippen LogP contribution >= 0.6 is 12.6 Å². The van der Waals surface area contributed by atoms with E-state index in [-0.39, 0.29) is 5.75 Å². The molecule has 0 radical (unpaired) electrons. The summed E-state index contributed by atoms with van der Waals surface area (Å²) < 4.78 is 0. The van der Waals surface area contributed by atoms with Gasteiger partial charge in [-0.3, -0.25) is 0 Å². The lowest BCUT2D eigenvalue weighted by molar-refractivity contribution is 0.474. The van der Waals surface area contributed by atoms with Crippen molar-refractivity contribution in [2.45, 2.75) is 0 Å². The van der Waals surface area contributed by atoms with Crippen LogP contribution in [0.3, 0.4) is 0 Å². The van der Waals surface area contributed by atoms with Gasteiger partial charge in [-0.2, -0.15) is 12.6 Å². The first kappa shape index (κ1) is 8.82. The second-order valence-electron chi connectivity index (χ2n) is 2.24. The van der Waals surface area contributed by atoms with Crippen LogP contribution in [0.1, 0.15) is 5.56 Å². The molecule has 0 aliphatic rings. The van der Waals surface area contributed by atoms with Crippen molar-refractivity contribution in [2.24, 2.45) is 0 Å². The van der Waals surface area contributed by atoms with Crippen molar-refractivity contribution in [3.8, 4) is 17.6 Å². The highest BCUT2D eigenvalue weighted by Crippen LogP contribution is 2.18. The molecule has 1 aromatic rings. The van der Waals surface area contributed by atoms with E-state index in [2.05, 4.69) is 24.5 Å². The lowest BCUT2D eigenvalue weighted by atomic mass is 10.2. The summed E-state index contributed by atoms with van der Waals surface area (Å²) in [5.41, 5.74) is 6.64. The highest BCUT2D eigenvalue weighted by atomic mass is 32.1. The molecule has 0 bridgehead atoms. The topological polar surface area (TPSA) is 46.2 Å². The van der Waals surface area contributed by atoms with Gasteiger partial charge in [0.1, 0.15) is 5.75 Å². The number of benzene rings is 1. The van der Waals surface area contributed by atoms with Crippen LogP contribution < -0.4 is 5.73 Å². The standard InChI is InChI=1S/C9H9NOS/c10-8-3-4-9(11)7(6-8)2-1-5-12/h3-4,6,11-12H,5,10H2. The van der Waals surface area contributed by atoms with E-state index >= 15 is 0 Å². The van der Waals surface area contributed by atoms with Crippen molar-refractivity contribution in [3.05, 3.63) is 23.8 Å². The molecule has 0 aliphatic heterocycles. The molecule has 0 aromatic heterocycles. The number of rotatable bonds is 0. The monoisotopic (exact) mass is 179 g/mol. The van der Waals surface area contributed by atoms with Crippen LogP contribution in [0.25, 0.3) is 0 Å². The number of thiol groups is 1. The lowest BCUT2D eigenvalue weighted by Crippen LogP contribution is -1.85. The number of hydrogen-bond acceptors (Lipinski definition) is 3. The summed E-state index contributed by atoms with van der Waals surface area (Å²) in [6.45, 7) is 0. The van der Waals surface area contributed by atoms with Gasteiger partial charge < -0.3 is 10.8 Å².